The van der Waals surface area contributed by atoms with Gasteiger partial charge >= 0.3 is 0 Å². The normalized spacial score (nSPS) is 16.4. The standard InChI is InChI=1S/C16H25ClN2/c1-19(2)16-9-8-14(12-15(16)17)18-11-10-13-6-4-3-5-7-13/h8-9,12-13,18H,3-7,10-11H2,1-2H3. The highest BCUT2D eigenvalue weighted by molar-refractivity contribution is 6.33. The van der Waals surface area contributed by atoms with E-state index in [0.717, 1.165) is 28.9 Å². The molecule has 2 rings (SSSR count). The molecule has 0 unspecified atom stereocenters. The zero-order chi connectivity index (χ0) is 13.7. The summed E-state index contributed by atoms with van der Waals surface area (Å²) in [6.45, 7) is 1.06. The number of nitrogens with zero attached hydrogens (tertiary/aromatic N) is 1. The highest BCUT2D eigenvalue weighted by atomic mass is 35.5. The molecule has 1 aliphatic rings. The van der Waals surface area contributed by atoms with Gasteiger partial charge in [-0.25, -0.2) is 0 Å². The van der Waals surface area contributed by atoms with E-state index in [1.54, 1.807) is 0 Å². The Morgan fingerprint density at radius 3 is 2.58 bits per heavy atom. The second-order valence-electron chi connectivity index (χ2n) is 5.78. The smallest absolute Gasteiger partial charge is 0.0659 e. The molecule has 2 nitrogen and oxygen atoms in total. The van der Waals surface area contributed by atoms with Gasteiger partial charge in [0.15, 0.2) is 0 Å². The predicted molar refractivity (Wildman–Crippen MR) is 85.5 cm³/mol. The van der Waals surface area contributed by atoms with Crippen LogP contribution in [-0.4, -0.2) is 20.6 Å². The highest BCUT2D eigenvalue weighted by Gasteiger charge is 2.12. The minimum Gasteiger partial charge on any atom is -0.385 e. The minimum atomic E-state index is 0.813. The SMILES string of the molecule is CN(C)c1ccc(NCCC2CCCCC2)cc1Cl. The molecule has 0 bridgehead atoms. The third-order valence-electron chi connectivity index (χ3n) is 4.04. The Morgan fingerprint density at radius 2 is 1.95 bits per heavy atom. The maximum atomic E-state index is 6.27. The van der Waals surface area contributed by atoms with E-state index >= 15 is 0 Å². The maximum Gasteiger partial charge on any atom is 0.0659 e. The molecule has 0 aliphatic heterocycles. The summed E-state index contributed by atoms with van der Waals surface area (Å²) >= 11 is 6.27. The van der Waals surface area contributed by atoms with Gasteiger partial charge in [0.1, 0.15) is 0 Å². The average Bonchev–Trinajstić information content (AvgIpc) is 2.39. The van der Waals surface area contributed by atoms with Crippen LogP contribution in [0.2, 0.25) is 5.02 Å². The molecule has 19 heavy (non-hydrogen) atoms. The third-order valence-corrected chi connectivity index (χ3v) is 4.34. The molecule has 106 valence electrons. The van der Waals surface area contributed by atoms with E-state index in [2.05, 4.69) is 17.4 Å². The van der Waals surface area contributed by atoms with Crippen LogP contribution in [0.25, 0.3) is 0 Å². The summed E-state index contributed by atoms with van der Waals surface area (Å²) in [5, 5.41) is 4.31. The monoisotopic (exact) mass is 280 g/mol. The number of hydrogen-bond acceptors (Lipinski definition) is 2. The van der Waals surface area contributed by atoms with Gasteiger partial charge in [0.05, 0.1) is 10.7 Å². The van der Waals surface area contributed by atoms with Gasteiger partial charge in [-0.1, -0.05) is 43.7 Å². The Labute approximate surface area is 122 Å². The lowest BCUT2D eigenvalue weighted by Gasteiger charge is -2.22. The molecule has 1 aliphatic carbocycles. The Hall–Kier alpha value is -0.890. The van der Waals surface area contributed by atoms with E-state index < -0.39 is 0 Å². The molecule has 0 spiro atoms. The highest BCUT2D eigenvalue weighted by Crippen LogP contribution is 2.28. The fourth-order valence-corrected chi connectivity index (χ4v) is 3.23. The average molecular weight is 281 g/mol. The minimum absolute atomic E-state index is 0.813. The van der Waals surface area contributed by atoms with Crippen molar-refractivity contribution in [3.8, 4) is 0 Å². The van der Waals surface area contributed by atoms with Crippen LogP contribution >= 0.6 is 11.6 Å². The van der Waals surface area contributed by atoms with Gasteiger partial charge in [-0.05, 0) is 30.5 Å². The van der Waals surface area contributed by atoms with Crippen molar-refractivity contribution in [3.05, 3.63) is 23.2 Å². The summed E-state index contributed by atoms with van der Waals surface area (Å²) in [5.74, 6) is 0.928. The molecule has 1 fully saturated rings. The molecule has 0 aromatic heterocycles. The van der Waals surface area contributed by atoms with E-state index in [9.17, 15) is 0 Å². The zero-order valence-electron chi connectivity index (χ0n) is 12.1. The van der Waals surface area contributed by atoms with Crippen molar-refractivity contribution in [1.29, 1.82) is 0 Å². The molecule has 1 saturated carbocycles. The van der Waals surface area contributed by atoms with Crippen LogP contribution in [0.4, 0.5) is 11.4 Å². The zero-order valence-corrected chi connectivity index (χ0v) is 12.8. The lowest BCUT2D eigenvalue weighted by molar-refractivity contribution is 0.345. The molecular formula is C16H25ClN2. The fraction of sp³-hybridized carbons (Fsp3) is 0.625. The molecule has 1 aromatic rings. The molecular weight excluding hydrogens is 256 g/mol. The van der Waals surface area contributed by atoms with Crippen LogP contribution in [0.5, 0.6) is 0 Å². The van der Waals surface area contributed by atoms with Crippen LogP contribution in [0.3, 0.4) is 0 Å². The van der Waals surface area contributed by atoms with Crippen LogP contribution < -0.4 is 10.2 Å². The Kier molecular flexibility index (Phi) is 5.38. The number of rotatable bonds is 5. The third kappa shape index (κ3) is 4.31. The van der Waals surface area contributed by atoms with Crippen LogP contribution in [0, 0.1) is 5.92 Å². The first kappa shape index (κ1) is 14.5. The number of benzene rings is 1. The van der Waals surface area contributed by atoms with Gasteiger partial charge in [0.25, 0.3) is 0 Å². The molecule has 1 aromatic carbocycles. The van der Waals surface area contributed by atoms with Gasteiger partial charge in [0, 0.05) is 26.3 Å². The summed E-state index contributed by atoms with van der Waals surface area (Å²) in [5.41, 5.74) is 2.20. The van der Waals surface area contributed by atoms with Gasteiger partial charge < -0.3 is 10.2 Å². The summed E-state index contributed by atoms with van der Waals surface area (Å²) in [7, 11) is 4.02. The molecule has 0 amide bonds. The quantitative estimate of drug-likeness (QED) is 0.834. The first-order valence-corrected chi connectivity index (χ1v) is 7.75. The molecule has 0 atom stereocenters. The van der Waals surface area contributed by atoms with Crippen molar-refractivity contribution in [2.45, 2.75) is 38.5 Å². The lowest BCUT2D eigenvalue weighted by atomic mass is 9.87. The molecule has 0 radical (unpaired) electrons. The van der Waals surface area contributed by atoms with Gasteiger partial charge in [-0.3, -0.25) is 0 Å². The van der Waals surface area contributed by atoms with Crippen molar-refractivity contribution in [1.82, 2.24) is 0 Å². The predicted octanol–water partition coefficient (Wildman–Crippen LogP) is 4.79. The summed E-state index contributed by atoms with van der Waals surface area (Å²) in [4.78, 5) is 2.04. The van der Waals surface area contributed by atoms with Gasteiger partial charge in [0.2, 0.25) is 0 Å². The van der Waals surface area contributed by atoms with Gasteiger partial charge in [-0.2, -0.15) is 0 Å². The number of halogens is 1. The Morgan fingerprint density at radius 1 is 1.21 bits per heavy atom. The number of hydrogen-bond donors (Lipinski definition) is 1. The van der Waals surface area contributed by atoms with E-state index in [0.29, 0.717) is 0 Å². The molecule has 3 heteroatoms. The molecule has 1 N–H and O–H groups in total. The second kappa shape index (κ2) is 7.04. The molecule has 0 saturated heterocycles. The molecule has 0 heterocycles. The first-order valence-electron chi connectivity index (χ1n) is 7.37. The van der Waals surface area contributed by atoms with Crippen molar-refractivity contribution < 1.29 is 0 Å². The maximum absolute atomic E-state index is 6.27. The van der Waals surface area contributed by atoms with Crippen molar-refractivity contribution in [2.24, 2.45) is 5.92 Å². The first-order chi connectivity index (χ1) is 9.16. The van der Waals surface area contributed by atoms with E-state index in [1.165, 1.54) is 38.5 Å². The van der Waals surface area contributed by atoms with Crippen molar-refractivity contribution >= 4 is 23.0 Å². The Bertz CT molecular complexity index is 398. The van der Waals surface area contributed by atoms with Crippen LogP contribution in [0.15, 0.2) is 18.2 Å². The lowest BCUT2D eigenvalue weighted by Crippen LogP contribution is -2.12. The fourth-order valence-electron chi connectivity index (χ4n) is 2.88. The van der Waals surface area contributed by atoms with Crippen LogP contribution in [-0.2, 0) is 0 Å². The largest absolute Gasteiger partial charge is 0.385 e. The van der Waals surface area contributed by atoms with Crippen molar-refractivity contribution in [2.75, 3.05) is 30.9 Å². The number of anilines is 2. The number of nitrogens with one attached hydrogen (secondary N) is 1. The van der Waals surface area contributed by atoms with Crippen LogP contribution in [0.1, 0.15) is 38.5 Å². The van der Waals surface area contributed by atoms with E-state index in [1.807, 2.05) is 25.1 Å². The van der Waals surface area contributed by atoms with E-state index in [-0.39, 0.29) is 0 Å². The summed E-state index contributed by atoms with van der Waals surface area (Å²) in [6.07, 6.45) is 8.41. The summed E-state index contributed by atoms with van der Waals surface area (Å²) in [6, 6.07) is 6.21. The Balaban J connectivity index is 1.81. The summed E-state index contributed by atoms with van der Waals surface area (Å²) < 4.78 is 0. The van der Waals surface area contributed by atoms with Gasteiger partial charge in [-0.15, -0.1) is 0 Å². The van der Waals surface area contributed by atoms with Crippen molar-refractivity contribution in [3.63, 3.8) is 0 Å². The second-order valence-corrected chi connectivity index (χ2v) is 6.19. The van der Waals surface area contributed by atoms with E-state index in [4.69, 9.17) is 11.6 Å². The topological polar surface area (TPSA) is 15.3 Å².